The number of rotatable bonds is 19. The molecule has 65 heavy (non-hydrogen) atoms. The molecule has 1 aliphatic heterocycles. The number of hydrogen-bond donors (Lipinski definition) is 7. The van der Waals surface area contributed by atoms with Gasteiger partial charge in [-0.1, -0.05) is 103 Å². The highest BCUT2D eigenvalue weighted by atomic mass is 16.6. The van der Waals surface area contributed by atoms with E-state index in [-0.39, 0.29) is 41.7 Å². The van der Waals surface area contributed by atoms with Gasteiger partial charge in [0.15, 0.2) is 0 Å². The minimum absolute atomic E-state index is 0.0285. The molecule has 1 saturated heterocycles. The lowest BCUT2D eigenvalue weighted by Crippen LogP contribution is -2.40. The van der Waals surface area contributed by atoms with Gasteiger partial charge < -0.3 is 40.8 Å². The number of benzene rings is 5. The molecule has 1 aliphatic rings. The van der Waals surface area contributed by atoms with Crippen LogP contribution in [-0.4, -0.2) is 82.9 Å². The van der Waals surface area contributed by atoms with E-state index < -0.39 is 12.2 Å². The van der Waals surface area contributed by atoms with Crippen LogP contribution in [0.25, 0.3) is 22.0 Å². The number of anilines is 1. The number of phenols is 1. The first kappa shape index (κ1) is 46.2. The number of H-pyrrole nitrogens is 1. The maximum Gasteiger partial charge on any atom is 0.411 e. The van der Waals surface area contributed by atoms with Gasteiger partial charge in [0.1, 0.15) is 11.9 Å². The number of hydrogen-bond acceptors (Lipinski definition) is 9. The number of nitrogens with one attached hydrogen (secondary N) is 5. The summed E-state index contributed by atoms with van der Waals surface area (Å²) >= 11 is 0. The number of carbonyl (C=O) groups excluding carboxylic acids is 3. The van der Waals surface area contributed by atoms with Crippen LogP contribution in [0.15, 0.2) is 132 Å². The quantitative estimate of drug-likeness (QED) is 0.0461. The van der Waals surface area contributed by atoms with E-state index in [1.807, 2.05) is 78.9 Å². The number of likely N-dealkylation sites (tertiary alicyclic amines) is 1. The SMILES string of the molecule is CC(Cc1ccc(CCNC(=O)Cc2ccc(CNC(=O)CCN3CCC(OC(=O)Nc4ccccc4-c4ccccc4)CC3)cc2)cc1)NC[C@H](O)c1ccc(O)c2[nH]c(=O)ccc12. The smallest absolute Gasteiger partial charge is 0.411 e. The van der Waals surface area contributed by atoms with Gasteiger partial charge in [0.05, 0.1) is 23.7 Å². The number of aliphatic hydroxyl groups excluding tert-OH is 1. The van der Waals surface area contributed by atoms with E-state index in [0.29, 0.717) is 74.0 Å². The molecule has 1 unspecified atom stereocenters. The van der Waals surface area contributed by atoms with Gasteiger partial charge in [0.25, 0.3) is 0 Å². The van der Waals surface area contributed by atoms with Crippen molar-refractivity contribution in [2.24, 2.45) is 0 Å². The fourth-order valence-corrected chi connectivity index (χ4v) is 8.16. The molecule has 1 aromatic heterocycles. The molecule has 338 valence electrons. The van der Waals surface area contributed by atoms with Crippen LogP contribution in [0.2, 0.25) is 0 Å². The van der Waals surface area contributed by atoms with Crippen LogP contribution in [0.5, 0.6) is 5.75 Å². The first-order chi connectivity index (χ1) is 31.6. The topological polar surface area (TPSA) is 185 Å². The number of aliphatic hydroxyl groups is 1. The van der Waals surface area contributed by atoms with E-state index in [1.165, 1.54) is 12.1 Å². The first-order valence-corrected chi connectivity index (χ1v) is 22.4. The maximum atomic E-state index is 12.8. The molecule has 2 atom stereocenters. The van der Waals surface area contributed by atoms with Gasteiger partial charge in [-0.3, -0.25) is 19.7 Å². The van der Waals surface area contributed by atoms with Crippen molar-refractivity contribution in [2.75, 3.05) is 38.0 Å². The van der Waals surface area contributed by atoms with Crippen LogP contribution in [0.4, 0.5) is 10.5 Å². The van der Waals surface area contributed by atoms with Gasteiger partial charge in [-0.2, -0.15) is 0 Å². The average Bonchev–Trinajstić information content (AvgIpc) is 3.31. The van der Waals surface area contributed by atoms with Crippen molar-refractivity contribution in [1.82, 2.24) is 25.8 Å². The van der Waals surface area contributed by atoms with Crippen molar-refractivity contribution in [3.63, 3.8) is 0 Å². The standard InChI is InChI=1S/C52H58N6O7/c1-35(54-34-47(60)43-19-21-46(59)51-44(43)20-22-49(62)57-51)31-37-13-11-36(12-14-37)23-27-53-50(63)32-38-15-17-39(18-16-38)33-55-48(61)26-30-58-28-24-41(25-29-58)65-52(64)56-45-10-6-5-9-42(45)40-7-3-2-4-8-40/h2-22,35,41,47,54,59-60H,23-34H2,1H3,(H,53,63)(H,55,61)(H,56,64)(H,57,62)/t35?,47-/m0/s1. The minimum Gasteiger partial charge on any atom is -0.506 e. The van der Waals surface area contributed by atoms with Crippen molar-refractivity contribution < 1.29 is 29.3 Å². The Morgan fingerprint density at radius 1 is 0.785 bits per heavy atom. The number of nitrogens with zero attached hydrogens (tertiary/aromatic N) is 1. The molecule has 3 amide bonds. The number of pyridine rings is 1. The van der Waals surface area contributed by atoms with Crippen molar-refractivity contribution in [1.29, 1.82) is 0 Å². The number of ether oxygens (including phenoxy) is 1. The lowest BCUT2D eigenvalue weighted by atomic mass is 10.0. The Bertz CT molecular complexity index is 2570. The van der Waals surface area contributed by atoms with Gasteiger partial charge in [-0.15, -0.1) is 0 Å². The molecule has 2 heterocycles. The Kier molecular flexibility index (Phi) is 16.1. The third-order valence-corrected chi connectivity index (χ3v) is 11.8. The average molecular weight is 879 g/mol. The van der Waals surface area contributed by atoms with Crippen molar-refractivity contribution in [3.8, 4) is 16.9 Å². The predicted octanol–water partition coefficient (Wildman–Crippen LogP) is 6.78. The zero-order chi connectivity index (χ0) is 45.5. The summed E-state index contributed by atoms with van der Waals surface area (Å²) in [7, 11) is 0. The van der Waals surface area contributed by atoms with E-state index in [0.717, 1.165) is 52.9 Å². The van der Waals surface area contributed by atoms with Crippen molar-refractivity contribution in [2.45, 2.75) is 70.2 Å². The number of carbonyl (C=O) groups is 3. The van der Waals surface area contributed by atoms with E-state index in [9.17, 15) is 29.4 Å². The summed E-state index contributed by atoms with van der Waals surface area (Å²) in [5.41, 5.74) is 7.38. The van der Waals surface area contributed by atoms with Crippen LogP contribution in [0.3, 0.4) is 0 Å². The molecule has 13 nitrogen and oxygen atoms in total. The fourth-order valence-electron chi connectivity index (χ4n) is 8.16. The maximum absolute atomic E-state index is 12.8. The number of aromatic amines is 1. The third kappa shape index (κ3) is 13.6. The predicted molar refractivity (Wildman–Crippen MR) is 254 cm³/mol. The van der Waals surface area contributed by atoms with Crippen LogP contribution in [0.1, 0.15) is 60.1 Å². The second-order valence-electron chi connectivity index (χ2n) is 16.7. The number of amides is 3. The van der Waals surface area contributed by atoms with E-state index in [1.54, 1.807) is 12.1 Å². The molecule has 0 aliphatic carbocycles. The normalized spacial score (nSPS) is 14.1. The van der Waals surface area contributed by atoms with Gasteiger partial charge in [-0.25, -0.2) is 4.79 Å². The third-order valence-electron chi connectivity index (χ3n) is 11.8. The summed E-state index contributed by atoms with van der Waals surface area (Å²) in [5, 5.41) is 34.0. The highest BCUT2D eigenvalue weighted by Crippen LogP contribution is 2.30. The molecule has 0 saturated carbocycles. The molecule has 1 fully saturated rings. The summed E-state index contributed by atoms with van der Waals surface area (Å²) in [6.07, 6.45) is 2.04. The van der Waals surface area contributed by atoms with Crippen molar-refractivity contribution in [3.05, 3.63) is 166 Å². The lowest BCUT2D eigenvalue weighted by molar-refractivity contribution is -0.122. The van der Waals surface area contributed by atoms with Crippen LogP contribution < -0.4 is 26.8 Å². The Labute approximate surface area is 379 Å². The highest BCUT2D eigenvalue weighted by Gasteiger charge is 2.23. The summed E-state index contributed by atoms with van der Waals surface area (Å²) in [5.74, 6) is -0.124. The molecule has 0 bridgehead atoms. The van der Waals surface area contributed by atoms with Gasteiger partial charge in [-0.05, 0) is 84.2 Å². The van der Waals surface area contributed by atoms with Gasteiger partial charge >= 0.3 is 6.09 Å². The molecule has 0 radical (unpaired) electrons. The van der Waals surface area contributed by atoms with E-state index >= 15 is 0 Å². The summed E-state index contributed by atoms with van der Waals surface area (Å²) in [6.45, 7) is 5.41. The summed E-state index contributed by atoms with van der Waals surface area (Å²) in [6, 6.07) is 39.8. The molecular formula is C52H58N6O7. The van der Waals surface area contributed by atoms with Crippen LogP contribution in [0, 0.1) is 0 Å². The van der Waals surface area contributed by atoms with E-state index in [4.69, 9.17) is 4.74 Å². The van der Waals surface area contributed by atoms with E-state index in [2.05, 4.69) is 62.3 Å². The lowest BCUT2D eigenvalue weighted by Gasteiger charge is -2.31. The van der Waals surface area contributed by atoms with Crippen LogP contribution >= 0.6 is 0 Å². The number of aromatic hydroxyl groups is 1. The molecule has 13 heteroatoms. The second-order valence-corrected chi connectivity index (χ2v) is 16.7. The molecule has 7 N–H and O–H groups in total. The Hall–Kier alpha value is -6.80. The number of fused-ring (bicyclic) bond motifs is 1. The zero-order valence-corrected chi connectivity index (χ0v) is 36.7. The monoisotopic (exact) mass is 878 g/mol. The Balaban J connectivity index is 0.734. The molecule has 0 spiro atoms. The number of phenolic OH excluding ortho intramolecular Hbond substituents is 1. The highest BCUT2D eigenvalue weighted by molar-refractivity contribution is 5.91. The number of piperidine rings is 1. The summed E-state index contributed by atoms with van der Waals surface area (Å²) < 4.78 is 5.76. The molecule has 6 aromatic rings. The Morgan fingerprint density at radius 3 is 2.25 bits per heavy atom. The zero-order valence-electron chi connectivity index (χ0n) is 36.7. The molecule has 7 rings (SSSR count). The molecule has 5 aromatic carbocycles. The molecular weight excluding hydrogens is 821 g/mol. The van der Waals surface area contributed by atoms with Gasteiger partial charge in [0.2, 0.25) is 17.4 Å². The van der Waals surface area contributed by atoms with Crippen LogP contribution in [-0.2, 0) is 40.1 Å². The minimum atomic E-state index is -0.830. The Morgan fingerprint density at radius 2 is 1.48 bits per heavy atom. The number of para-hydroxylation sites is 1. The number of aromatic nitrogens is 1. The largest absolute Gasteiger partial charge is 0.506 e. The summed E-state index contributed by atoms with van der Waals surface area (Å²) in [4.78, 5) is 54.8. The fraction of sp³-hybridized carbons (Fsp3) is 0.308. The van der Waals surface area contributed by atoms with Gasteiger partial charge in [0, 0.05) is 68.7 Å². The second kappa shape index (κ2) is 22.7. The first-order valence-electron chi connectivity index (χ1n) is 22.4. The van der Waals surface area contributed by atoms with Crippen molar-refractivity contribution >= 4 is 34.5 Å².